The minimum absolute atomic E-state index is 0.155. The molecule has 106 valence electrons. The maximum absolute atomic E-state index is 13.8. The molecule has 19 heavy (non-hydrogen) atoms. The van der Waals surface area contributed by atoms with Gasteiger partial charge in [-0.05, 0) is 6.42 Å². The molecule has 0 aromatic heterocycles. The van der Waals surface area contributed by atoms with E-state index in [9.17, 15) is 13.2 Å². The van der Waals surface area contributed by atoms with Crippen LogP contribution in [0.4, 0.5) is 13.2 Å². The molecular formula is C13H17F3N2O. The van der Waals surface area contributed by atoms with Crippen LogP contribution < -0.4 is 5.32 Å². The molecular weight excluding hydrogens is 257 g/mol. The maximum Gasteiger partial charge on any atom is 0.133 e. The number of piperazine rings is 1. The third kappa shape index (κ3) is 3.26. The van der Waals surface area contributed by atoms with Crippen LogP contribution in [0.2, 0.25) is 0 Å². The second-order valence-electron chi connectivity index (χ2n) is 4.60. The zero-order chi connectivity index (χ0) is 13.8. The summed E-state index contributed by atoms with van der Waals surface area (Å²) in [5.41, 5.74) is -0.155. The summed E-state index contributed by atoms with van der Waals surface area (Å²) in [4.78, 5) is 1.91. The van der Waals surface area contributed by atoms with Gasteiger partial charge in [-0.3, -0.25) is 4.90 Å². The van der Waals surface area contributed by atoms with Gasteiger partial charge in [0.2, 0.25) is 0 Å². The smallest absolute Gasteiger partial charge is 0.133 e. The van der Waals surface area contributed by atoms with Gasteiger partial charge in [0.1, 0.15) is 17.5 Å². The van der Waals surface area contributed by atoms with Crippen LogP contribution in [0.1, 0.15) is 18.0 Å². The number of nitrogens with one attached hydrogen (secondary N) is 1. The summed E-state index contributed by atoms with van der Waals surface area (Å²) in [6.07, 6.45) is 0.222. The quantitative estimate of drug-likeness (QED) is 0.872. The lowest BCUT2D eigenvalue weighted by Crippen LogP contribution is -2.45. The van der Waals surface area contributed by atoms with Crippen molar-refractivity contribution in [3.63, 3.8) is 0 Å². The number of benzene rings is 1. The third-order valence-corrected chi connectivity index (χ3v) is 3.37. The minimum Gasteiger partial charge on any atom is -0.396 e. The van der Waals surface area contributed by atoms with Crippen LogP contribution in [0, 0.1) is 17.5 Å². The Labute approximate surface area is 110 Å². The number of hydrogen-bond acceptors (Lipinski definition) is 3. The van der Waals surface area contributed by atoms with Gasteiger partial charge < -0.3 is 10.4 Å². The SMILES string of the molecule is OCC[C@@H](c1c(F)cc(F)cc1F)N1CCNCC1. The van der Waals surface area contributed by atoms with Crippen LogP contribution in [0.15, 0.2) is 12.1 Å². The highest BCUT2D eigenvalue weighted by atomic mass is 19.1. The predicted molar refractivity (Wildman–Crippen MR) is 65.2 cm³/mol. The van der Waals surface area contributed by atoms with Crippen molar-refractivity contribution in [2.45, 2.75) is 12.5 Å². The zero-order valence-electron chi connectivity index (χ0n) is 10.5. The summed E-state index contributed by atoms with van der Waals surface area (Å²) < 4.78 is 40.6. The molecule has 0 spiro atoms. The molecule has 2 N–H and O–H groups in total. The normalized spacial score (nSPS) is 18.5. The monoisotopic (exact) mass is 274 g/mol. The number of rotatable bonds is 4. The van der Waals surface area contributed by atoms with Crippen LogP contribution in [0.25, 0.3) is 0 Å². The molecule has 1 aliphatic heterocycles. The Balaban J connectivity index is 2.32. The van der Waals surface area contributed by atoms with Crippen LogP contribution >= 0.6 is 0 Å². The lowest BCUT2D eigenvalue weighted by molar-refractivity contribution is 0.135. The van der Waals surface area contributed by atoms with Gasteiger partial charge in [0.05, 0.1) is 0 Å². The number of nitrogens with zero attached hydrogens (tertiary/aromatic N) is 1. The molecule has 0 saturated carbocycles. The lowest BCUT2D eigenvalue weighted by Gasteiger charge is -2.35. The molecule has 1 aliphatic rings. The van der Waals surface area contributed by atoms with E-state index < -0.39 is 23.5 Å². The van der Waals surface area contributed by atoms with E-state index in [1.165, 1.54) is 0 Å². The first kappa shape index (κ1) is 14.3. The molecule has 1 heterocycles. The molecule has 6 heteroatoms. The average molecular weight is 274 g/mol. The van der Waals surface area contributed by atoms with E-state index in [1.54, 1.807) is 0 Å². The summed E-state index contributed by atoms with van der Waals surface area (Å²) in [6.45, 7) is 2.56. The largest absolute Gasteiger partial charge is 0.396 e. The van der Waals surface area contributed by atoms with Crippen molar-refractivity contribution in [2.24, 2.45) is 0 Å². The molecule has 1 aromatic carbocycles. The second-order valence-corrected chi connectivity index (χ2v) is 4.60. The second kappa shape index (κ2) is 6.36. The van der Waals surface area contributed by atoms with Gasteiger partial charge in [-0.2, -0.15) is 0 Å². The Hall–Kier alpha value is -1.11. The van der Waals surface area contributed by atoms with Crippen molar-refractivity contribution >= 4 is 0 Å². The van der Waals surface area contributed by atoms with Gasteiger partial charge in [-0.15, -0.1) is 0 Å². The van der Waals surface area contributed by atoms with Gasteiger partial charge in [-0.25, -0.2) is 13.2 Å². The fourth-order valence-corrected chi connectivity index (χ4v) is 2.50. The molecule has 0 radical (unpaired) electrons. The van der Waals surface area contributed by atoms with Crippen LogP contribution in [0.5, 0.6) is 0 Å². The van der Waals surface area contributed by atoms with Crippen molar-refractivity contribution in [1.29, 1.82) is 0 Å². The fraction of sp³-hybridized carbons (Fsp3) is 0.538. The predicted octanol–water partition coefficient (Wildman–Crippen LogP) is 1.43. The highest BCUT2D eigenvalue weighted by molar-refractivity contribution is 5.24. The zero-order valence-corrected chi connectivity index (χ0v) is 10.5. The third-order valence-electron chi connectivity index (χ3n) is 3.37. The highest BCUT2D eigenvalue weighted by Crippen LogP contribution is 2.29. The molecule has 0 unspecified atom stereocenters. The van der Waals surface area contributed by atoms with Gasteiger partial charge in [0.15, 0.2) is 0 Å². The molecule has 0 aliphatic carbocycles. The van der Waals surface area contributed by atoms with Crippen LogP contribution in [-0.2, 0) is 0 Å². The Morgan fingerprint density at radius 3 is 2.26 bits per heavy atom. The molecule has 3 nitrogen and oxygen atoms in total. The number of aliphatic hydroxyl groups excluding tert-OH is 1. The lowest BCUT2D eigenvalue weighted by atomic mass is 10.00. The molecule has 0 bridgehead atoms. The van der Waals surface area contributed by atoms with E-state index in [4.69, 9.17) is 5.11 Å². The number of halogens is 3. The van der Waals surface area contributed by atoms with Gasteiger partial charge in [-0.1, -0.05) is 0 Å². The van der Waals surface area contributed by atoms with Crippen LogP contribution in [0.3, 0.4) is 0 Å². The molecule has 1 saturated heterocycles. The Bertz CT molecular complexity index is 413. The highest BCUT2D eigenvalue weighted by Gasteiger charge is 2.27. The Morgan fingerprint density at radius 1 is 1.16 bits per heavy atom. The summed E-state index contributed by atoms with van der Waals surface area (Å²) in [5.74, 6) is -2.72. The topological polar surface area (TPSA) is 35.5 Å². The van der Waals surface area contributed by atoms with Gasteiger partial charge in [0.25, 0.3) is 0 Å². The molecule has 0 amide bonds. The molecule has 1 atom stereocenters. The van der Waals surface area contributed by atoms with E-state index in [0.29, 0.717) is 25.2 Å². The van der Waals surface area contributed by atoms with Gasteiger partial charge >= 0.3 is 0 Å². The first-order valence-corrected chi connectivity index (χ1v) is 6.33. The summed E-state index contributed by atoms with van der Waals surface area (Å²) in [7, 11) is 0. The van der Waals surface area contributed by atoms with E-state index in [-0.39, 0.29) is 18.6 Å². The summed E-state index contributed by atoms with van der Waals surface area (Å²) in [6, 6.07) is 0.809. The van der Waals surface area contributed by atoms with Crippen molar-refractivity contribution in [3.05, 3.63) is 35.1 Å². The van der Waals surface area contributed by atoms with E-state index in [2.05, 4.69) is 5.32 Å². The first-order chi connectivity index (χ1) is 9.13. The molecule has 1 fully saturated rings. The number of hydrogen-bond donors (Lipinski definition) is 2. The molecule has 2 rings (SSSR count). The van der Waals surface area contributed by atoms with Crippen molar-refractivity contribution in [3.8, 4) is 0 Å². The van der Waals surface area contributed by atoms with E-state index in [1.807, 2.05) is 4.90 Å². The van der Waals surface area contributed by atoms with Crippen molar-refractivity contribution < 1.29 is 18.3 Å². The minimum atomic E-state index is -0.929. The van der Waals surface area contributed by atoms with Gasteiger partial charge in [0, 0.05) is 56.5 Å². The average Bonchev–Trinajstić information content (AvgIpc) is 2.37. The van der Waals surface area contributed by atoms with E-state index in [0.717, 1.165) is 13.1 Å². The Morgan fingerprint density at radius 2 is 1.74 bits per heavy atom. The van der Waals surface area contributed by atoms with Crippen molar-refractivity contribution in [1.82, 2.24) is 10.2 Å². The van der Waals surface area contributed by atoms with Crippen LogP contribution in [-0.4, -0.2) is 42.8 Å². The number of aliphatic hydroxyl groups is 1. The standard InChI is InChI=1S/C13H17F3N2O/c14-9-7-10(15)13(11(16)8-9)12(1-6-19)18-4-2-17-3-5-18/h7-8,12,17,19H,1-6H2/t12-/m0/s1. The molecule has 1 aromatic rings. The maximum atomic E-state index is 13.8. The summed E-state index contributed by atoms with van der Waals surface area (Å²) >= 11 is 0. The van der Waals surface area contributed by atoms with Crippen molar-refractivity contribution in [2.75, 3.05) is 32.8 Å². The fourth-order valence-electron chi connectivity index (χ4n) is 2.50. The van der Waals surface area contributed by atoms with E-state index >= 15 is 0 Å². The Kier molecular flexibility index (Phi) is 4.79. The first-order valence-electron chi connectivity index (χ1n) is 6.33. The summed E-state index contributed by atoms with van der Waals surface area (Å²) in [5, 5.41) is 12.3.